The molecule has 62 valence electrons. The maximum Gasteiger partial charge on any atom is 0.331 e. The topological polar surface area (TPSA) is 55.8 Å². The minimum Gasteiger partial charge on any atom is -0.478 e. The van der Waals surface area contributed by atoms with Gasteiger partial charge in [0.15, 0.2) is 0 Å². The number of carboxylic acids is 1. The van der Waals surface area contributed by atoms with Gasteiger partial charge < -0.3 is 14.6 Å². The average Bonchev–Trinajstić information content (AvgIpc) is 2.39. The molecule has 1 N–H and O–H groups in total. The van der Waals surface area contributed by atoms with Crippen LogP contribution in [0.1, 0.15) is 6.92 Å². The highest BCUT2D eigenvalue weighted by molar-refractivity contribution is 5.85. The third-order valence-electron chi connectivity index (χ3n) is 1.42. The van der Waals surface area contributed by atoms with Gasteiger partial charge in [-0.2, -0.15) is 0 Å². The van der Waals surface area contributed by atoms with Gasteiger partial charge in [0.2, 0.25) is 0 Å². The summed E-state index contributed by atoms with van der Waals surface area (Å²) in [4.78, 5) is 10.3. The Morgan fingerprint density at radius 3 is 2.91 bits per heavy atom. The van der Waals surface area contributed by atoms with Crippen LogP contribution in [-0.4, -0.2) is 30.6 Å². The first-order valence-corrected chi connectivity index (χ1v) is 3.31. The molecule has 1 unspecified atom stereocenters. The zero-order valence-electron chi connectivity index (χ0n) is 6.24. The number of hydrogen-bond donors (Lipinski definition) is 1. The molecule has 0 aliphatic carbocycles. The molecule has 0 aromatic heterocycles. The van der Waals surface area contributed by atoms with Crippen LogP contribution in [0.2, 0.25) is 0 Å². The Balaban J connectivity index is 2.49. The highest BCUT2D eigenvalue weighted by Gasteiger charge is 2.14. The molecule has 1 aliphatic heterocycles. The highest BCUT2D eigenvalue weighted by Crippen LogP contribution is 2.06. The second kappa shape index (κ2) is 3.50. The molecule has 1 rings (SSSR count). The number of carboxylic acid groups (broad SMARTS) is 1. The van der Waals surface area contributed by atoms with E-state index in [9.17, 15) is 4.79 Å². The molecular weight excluding hydrogens is 148 g/mol. The van der Waals surface area contributed by atoms with Crippen LogP contribution in [0, 0.1) is 0 Å². The van der Waals surface area contributed by atoms with Gasteiger partial charge in [0.25, 0.3) is 0 Å². The maximum absolute atomic E-state index is 10.3. The Labute approximate surface area is 64.4 Å². The second-order valence-electron chi connectivity index (χ2n) is 2.35. The lowest BCUT2D eigenvalue weighted by molar-refractivity contribution is -0.132. The van der Waals surface area contributed by atoms with Gasteiger partial charge in [-0.1, -0.05) is 0 Å². The SMILES string of the molecule is CC(=CC1COCO1)C(=O)O. The van der Waals surface area contributed by atoms with Gasteiger partial charge in [0.1, 0.15) is 12.9 Å². The molecule has 1 fully saturated rings. The van der Waals surface area contributed by atoms with E-state index in [1.807, 2.05) is 0 Å². The van der Waals surface area contributed by atoms with Crippen LogP contribution in [0.15, 0.2) is 11.6 Å². The molecule has 0 bridgehead atoms. The molecule has 4 heteroatoms. The van der Waals surface area contributed by atoms with Gasteiger partial charge in [-0.05, 0) is 13.0 Å². The number of aliphatic carboxylic acids is 1. The van der Waals surface area contributed by atoms with Crippen molar-refractivity contribution in [1.82, 2.24) is 0 Å². The number of rotatable bonds is 2. The third-order valence-corrected chi connectivity index (χ3v) is 1.42. The van der Waals surface area contributed by atoms with E-state index in [0.717, 1.165) is 0 Å². The fourth-order valence-electron chi connectivity index (χ4n) is 0.794. The lowest BCUT2D eigenvalue weighted by Crippen LogP contribution is -2.08. The van der Waals surface area contributed by atoms with Crippen molar-refractivity contribution < 1.29 is 19.4 Å². The van der Waals surface area contributed by atoms with Gasteiger partial charge in [0.05, 0.1) is 6.61 Å². The quantitative estimate of drug-likeness (QED) is 0.590. The zero-order valence-corrected chi connectivity index (χ0v) is 6.24. The molecule has 1 heterocycles. The fraction of sp³-hybridized carbons (Fsp3) is 0.571. The largest absolute Gasteiger partial charge is 0.478 e. The molecule has 0 aromatic rings. The van der Waals surface area contributed by atoms with E-state index in [0.29, 0.717) is 12.2 Å². The number of hydrogen-bond acceptors (Lipinski definition) is 3. The molecule has 11 heavy (non-hydrogen) atoms. The van der Waals surface area contributed by atoms with Gasteiger partial charge >= 0.3 is 5.97 Å². The van der Waals surface area contributed by atoms with Gasteiger partial charge in [-0.3, -0.25) is 0 Å². The van der Waals surface area contributed by atoms with Crippen molar-refractivity contribution >= 4 is 5.97 Å². The molecular formula is C7H10O4. The van der Waals surface area contributed by atoms with Crippen LogP contribution in [0.4, 0.5) is 0 Å². The summed E-state index contributed by atoms with van der Waals surface area (Å²) in [6, 6.07) is 0. The number of carbonyl (C=O) groups is 1. The predicted octanol–water partition coefficient (Wildman–Crippen LogP) is 0.390. The molecule has 0 aromatic carbocycles. The number of ether oxygens (including phenoxy) is 2. The van der Waals surface area contributed by atoms with E-state index in [2.05, 4.69) is 0 Å². The van der Waals surface area contributed by atoms with Crippen molar-refractivity contribution in [3.63, 3.8) is 0 Å². The normalized spacial score (nSPS) is 25.5. The molecule has 1 aliphatic rings. The Morgan fingerprint density at radius 1 is 1.73 bits per heavy atom. The summed E-state index contributed by atoms with van der Waals surface area (Å²) >= 11 is 0. The van der Waals surface area contributed by atoms with Gasteiger partial charge in [0, 0.05) is 5.57 Å². The Morgan fingerprint density at radius 2 is 2.45 bits per heavy atom. The summed E-state index contributed by atoms with van der Waals surface area (Å²) in [6.07, 6.45) is 1.36. The minimum atomic E-state index is -0.916. The molecule has 1 atom stereocenters. The summed E-state index contributed by atoms with van der Waals surface area (Å²) < 4.78 is 9.89. The Bertz CT molecular complexity index is 179. The molecule has 0 spiro atoms. The van der Waals surface area contributed by atoms with E-state index in [1.165, 1.54) is 6.92 Å². The molecule has 0 radical (unpaired) electrons. The van der Waals surface area contributed by atoms with E-state index >= 15 is 0 Å². The van der Waals surface area contributed by atoms with Crippen molar-refractivity contribution in [2.45, 2.75) is 13.0 Å². The summed E-state index contributed by atoms with van der Waals surface area (Å²) in [5.41, 5.74) is 0.292. The maximum atomic E-state index is 10.3. The molecule has 0 amide bonds. The first-order valence-electron chi connectivity index (χ1n) is 3.31. The summed E-state index contributed by atoms with van der Waals surface area (Å²) in [5.74, 6) is -0.916. The van der Waals surface area contributed by atoms with E-state index in [4.69, 9.17) is 14.6 Å². The summed E-state index contributed by atoms with van der Waals surface area (Å²) in [6.45, 7) is 2.24. The van der Waals surface area contributed by atoms with Crippen molar-refractivity contribution in [2.75, 3.05) is 13.4 Å². The van der Waals surface area contributed by atoms with Crippen LogP contribution < -0.4 is 0 Å². The van der Waals surface area contributed by atoms with Crippen molar-refractivity contribution in [2.24, 2.45) is 0 Å². The van der Waals surface area contributed by atoms with E-state index < -0.39 is 5.97 Å². The lowest BCUT2D eigenvalue weighted by Gasteiger charge is -1.99. The Kier molecular flexibility index (Phi) is 2.62. The van der Waals surface area contributed by atoms with Crippen molar-refractivity contribution in [3.8, 4) is 0 Å². The van der Waals surface area contributed by atoms with Crippen molar-refractivity contribution in [1.29, 1.82) is 0 Å². The zero-order chi connectivity index (χ0) is 8.27. The Hall–Kier alpha value is -0.870. The first-order chi connectivity index (χ1) is 5.20. The lowest BCUT2D eigenvalue weighted by atomic mass is 10.2. The standard InChI is InChI=1S/C7H10O4/c1-5(7(8)9)2-6-3-10-4-11-6/h2,6H,3-4H2,1H3,(H,8,9). The van der Waals surface area contributed by atoms with Crippen LogP contribution in [0.3, 0.4) is 0 Å². The molecule has 1 saturated heterocycles. The van der Waals surface area contributed by atoms with Crippen LogP contribution in [0.5, 0.6) is 0 Å². The van der Waals surface area contributed by atoms with Gasteiger partial charge in [-0.15, -0.1) is 0 Å². The monoisotopic (exact) mass is 158 g/mol. The van der Waals surface area contributed by atoms with Crippen LogP contribution in [0.25, 0.3) is 0 Å². The van der Waals surface area contributed by atoms with Crippen LogP contribution in [-0.2, 0) is 14.3 Å². The highest BCUT2D eigenvalue weighted by atomic mass is 16.7. The summed E-state index contributed by atoms with van der Waals surface area (Å²) in [7, 11) is 0. The minimum absolute atomic E-state index is 0.189. The second-order valence-corrected chi connectivity index (χ2v) is 2.35. The molecule has 4 nitrogen and oxygen atoms in total. The van der Waals surface area contributed by atoms with E-state index in [1.54, 1.807) is 6.08 Å². The third kappa shape index (κ3) is 2.32. The van der Waals surface area contributed by atoms with Crippen LogP contribution >= 0.6 is 0 Å². The molecule has 0 saturated carbocycles. The summed E-state index contributed by atoms with van der Waals surface area (Å²) in [5, 5.41) is 8.48. The van der Waals surface area contributed by atoms with Crippen molar-refractivity contribution in [3.05, 3.63) is 11.6 Å². The average molecular weight is 158 g/mol. The first kappa shape index (κ1) is 8.23. The fourth-order valence-corrected chi connectivity index (χ4v) is 0.794. The van der Waals surface area contributed by atoms with Gasteiger partial charge in [-0.25, -0.2) is 4.79 Å². The predicted molar refractivity (Wildman–Crippen MR) is 37.1 cm³/mol. The van der Waals surface area contributed by atoms with E-state index in [-0.39, 0.29) is 12.9 Å². The smallest absolute Gasteiger partial charge is 0.331 e.